The molecule has 0 spiro atoms. The molecule has 1 fully saturated rings. The number of hydrogen-bond donors (Lipinski definition) is 1. The van der Waals surface area contributed by atoms with Gasteiger partial charge in [-0.2, -0.15) is 0 Å². The van der Waals surface area contributed by atoms with Gasteiger partial charge in [-0.1, -0.05) is 11.6 Å². The minimum atomic E-state index is -0.237. The van der Waals surface area contributed by atoms with Gasteiger partial charge < -0.3 is 9.72 Å². The van der Waals surface area contributed by atoms with E-state index in [1.165, 1.54) is 0 Å². The van der Waals surface area contributed by atoms with E-state index in [4.69, 9.17) is 16.3 Å². The molecule has 1 heterocycles. The van der Waals surface area contributed by atoms with E-state index < -0.39 is 0 Å². The highest BCUT2D eigenvalue weighted by Crippen LogP contribution is 2.39. The molecule has 0 bridgehead atoms. The monoisotopic (exact) mass is 277 g/mol. The summed E-state index contributed by atoms with van der Waals surface area (Å²) < 4.78 is 5.52. The first-order chi connectivity index (χ1) is 9.13. The molecule has 3 rings (SSSR count). The summed E-state index contributed by atoms with van der Waals surface area (Å²) in [7, 11) is 1.69. The number of aromatic amines is 1. The normalized spacial score (nSPS) is 17.4. The SMILES string of the molecule is COC1(CC(=O)c2c[nH]c3ccc(Cl)cc23)CCC1. The van der Waals surface area contributed by atoms with Crippen LogP contribution >= 0.6 is 11.6 Å². The molecule has 1 aliphatic rings. The Morgan fingerprint density at radius 1 is 1.47 bits per heavy atom. The number of benzene rings is 1. The Kier molecular flexibility index (Phi) is 3.11. The molecule has 19 heavy (non-hydrogen) atoms. The smallest absolute Gasteiger partial charge is 0.167 e. The zero-order valence-corrected chi connectivity index (χ0v) is 11.6. The van der Waals surface area contributed by atoms with Gasteiger partial charge in [0, 0.05) is 41.2 Å². The third kappa shape index (κ3) is 2.17. The van der Waals surface area contributed by atoms with Crippen LogP contribution in [0.25, 0.3) is 10.9 Å². The number of hydrogen-bond acceptors (Lipinski definition) is 2. The number of rotatable bonds is 4. The molecule has 2 aromatic rings. The fraction of sp³-hybridized carbons (Fsp3) is 0.400. The number of carbonyl (C=O) groups excluding carboxylic acids is 1. The van der Waals surface area contributed by atoms with Crippen molar-refractivity contribution in [3.8, 4) is 0 Å². The van der Waals surface area contributed by atoms with Gasteiger partial charge >= 0.3 is 0 Å². The Bertz CT molecular complexity index is 623. The Balaban J connectivity index is 1.91. The standard InChI is InChI=1S/C15H16ClNO2/c1-19-15(5-2-6-15)8-14(18)12-9-17-13-4-3-10(16)7-11(12)13/h3-4,7,9,17H,2,5-6,8H2,1H3. The molecule has 0 atom stereocenters. The summed E-state index contributed by atoms with van der Waals surface area (Å²) in [4.78, 5) is 15.6. The van der Waals surface area contributed by atoms with Crippen LogP contribution in [0, 0.1) is 0 Å². The average molecular weight is 278 g/mol. The molecule has 0 amide bonds. The van der Waals surface area contributed by atoms with Crippen LogP contribution in [0.4, 0.5) is 0 Å². The van der Waals surface area contributed by atoms with Crippen molar-refractivity contribution in [2.75, 3.05) is 7.11 Å². The lowest BCUT2D eigenvalue weighted by Gasteiger charge is -2.40. The number of halogens is 1. The van der Waals surface area contributed by atoms with Crippen molar-refractivity contribution in [2.45, 2.75) is 31.3 Å². The minimum absolute atomic E-state index is 0.120. The molecule has 4 heteroatoms. The summed E-state index contributed by atoms with van der Waals surface area (Å²) in [5, 5.41) is 1.54. The third-order valence-electron chi connectivity index (χ3n) is 4.12. The summed E-state index contributed by atoms with van der Waals surface area (Å²) in [6.45, 7) is 0. The first-order valence-corrected chi connectivity index (χ1v) is 6.86. The molecule has 0 aliphatic heterocycles. The molecular formula is C15H16ClNO2. The first-order valence-electron chi connectivity index (χ1n) is 6.49. The van der Waals surface area contributed by atoms with E-state index >= 15 is 0 Å². The maximum Gasteiger partial charge on any atom is 0.167 e. The van der Waals surface area contributed by atoms with Crippen molar-refractivity contribution in [3.63, 3.8) is 0 Å². The maximum atomic E-state index is 12.5. The van der Waals surface area contributed by atoms with Gasteiger partial charge in [0.15, 0.2) is 5.78 Å². The van der Waals surface area contributed by atoms with Crippen LogP contribution in [0.3, 0.4) is 0 Å². The molecule has 100 valence electrons. The van der Waals surface area contributed by atoms with Crippen LogP contribution in [0.2, 0.25) is 5.02 Å². The molecule has 0 unspecified atom stereocenters. The van der Waals surface area contributed by atoms with Crippen molar-refractivity contribution in [1.82, 2.24) is 4.98 Å². The second kappa shape index (κ2) is 4.66. The average Bonchev–Trinajstić information content (AvgIpc) is 2.76. The second-order valence-corrected chi connectivity index (χ2v) is 5.67. The number of fused-ring (bicyclic) bond motifs is 1. The largest absolute Gasteiger partial charge is 0.378 e. The van der Waals surface area contributed by atoms with Gasteiger partial charge in [-0.3, -0.25) is 4.79 Å². The van der Waals surface area contributed by atoms with Crippen LogP contribution < -0.4 is 0 Å². The van der Waals surface area contributed by atoms with Crippen LogP contribution in [-0.2, 0) is 4.74 Å². The summed E-state index contributed by atoms with van der Waals surface area (Å²) in [5.41, 5.74) is 1.41. The van der Waals surface area contributed by atoms with Crippen molar-refractivity contribution in [2.24, 2.45) is 0 Å². The lowest BCUT2D eigenvalue weighted by atomic mass is 9.76. The molecular weight excluding hydrogens is 262 g/mol. The van der Waals surface area contributed by atoms with Crippen LogP contribution in [0.15, 0.2) is 24.4 Å². The van der Waals surface area contributed by atoms with Crippen molar-refractivity contribution >= 4 is 28.3 Å². The number of Topliss-reactive ketones (excluding diaryl/α,β-unsaturated/α-hetero) is 1. The fourth-order valence-corrected chi connectivity index (χ4v) is 2.91. The summed E-state index contributed by atoms with van der Waals surface area (Å²) in [5.74, 6) is 0.120. The number of H-pyrrole nitrogens is 1. The van der Waals surface area contributed by atoms with Gasteiger partial charge in [0.25, 0.3) is 0 Å². The van der Waals surface area contributed by atoms with E-state index in [2.05, 4.69) is 4.98 Å². The summed E-state index contributed by atoms with van der Waals surface area (Å²) in [6, 6.07) is 5.54. The predicted molar refractivity (Wildman–Crippen MR) is 75.8 cm³/mol. The Hall–Kier alpha value is -1.32. The number of methoxy groups -OCH3 is 1. The number of carbonyl (C=O) groups is 1. The highest BCUT2D eigenvalue weighted by molar-refractivity contribution is 6.31. The molecule has 0 saturated heterocycles. The Morgan fingerprint density at radius 3 is 2.89 bits per heavy atom. The van der Waals surface area contributed by atoms with Crippen LogP contribution in [0.1, 0.15) is 36.0 Å². The zero-order chi connectivity index (χ0) is 13.5. The number of nitrogens with one attached hydrogen (secondary N) is 1. The fourth-order valence-electron chi connectivity index (χ4n) is 2.74. The Labute approximate surface area is 116 Å². The van der Waals surface area contributed by atoms with Gasteiger partial charge in [-0.15, -0.1) is 0 Å². The first kappa shape index (κ1) is 12.7. The van der Waals surface area contributed by atoms with Crippen molar-refractivity contribution < 1.29 is 9.53 Å². The van der Waals surface area contributed by atoms with Gasteiger partial charge in [-0.05, 0) is 37.5 Å². The van der Waals surface area contributed by atoms with Gasteiger partial charge in [0.1, 0.15) is 0 Å². The van der Waals surface area contributed by atoms with E-state index in [0.717, 1.165) is 30.2 Å². The van der Waals surface area contributed by atoms with E-state index in [0.29, 0.717) is 17.0 Å². The van der Waals surface area contributed by atoms with Gasteiger partial charge in [0.2, 0.25) is 0 Å². The third-order valence-corrected chi connectivity index (χ3v) is 4.36. The number of ether oxygens (including phenoxy) is 1. The quantitative estimate of drug-likeness (QED) is 0.860. The zero-order valence-electron chi connectivity index (χ0n) is 10.8. The maximum absolute atomic E-state index is 12.5. The summed E-state index contributed by atoms with van der Waals surface area (Å²) >= 11 is 6.00. The predicted octanol–water partition coefficient (Wildman–Crippen LogP) is 3.96. The highest BCUT2D eigenvalue weighted by atomic mass is 35.5. The van der Waals surface area contributed by atoms with Crippen molar-refractivity contribution in [1.29, 1.82) is 0 Å². The number of aromatic nitrogens is 1. The molecule has 1 saturated carbocycles. The summed E-state index contributed by atoms with van der Waals surface area (Å²) in [6.07, 6.45) is 5.30. The molecule has 1 aromatic heterocycles. The molecule has 1 aliphatic carbocycles. The minimum Gasteiger partial charge on any atom is -0.378 e. The lowest BCUT2D eigenvalue weighted by Crippen LogP contribution is -2.41. The Morgan fingerprint density at radius 2 is 2.26 bits per heavy atom. The van der Waals surface area contributed by atoms with Crippen LogP contribution in [0.5, 0.6) is 0 Å². The molecule has 1 N–H and O–H groups in total. The van der Waals surface area contributed by atoms with E-state index in [9.17, 15) is 4.79 Å². The van der Waals surface area contributed by atoms with E-state index in [-0.39, 0.29) is 11.4 Å². The topological polar surface area (TPSA) is 42.1 Å². The number of ketones is 1. The molecule has 0 radical (unpaired) electrons. The van der Waals surface area contributed by atoms with E-state index in [1.54, 1.807) is 13.3 Å². The highest BCUT2D eigenvalue weighted by Gasteiger charge is 2.39. The van der Waals surface area contributed by atoms with Crippen molar-refractivity contribution in [3.05, 3.63) is 35.0 Å². The van der Waals surface area contributed by atoms with Gasteiger partial charge in [0.05, 0.1) is 5.60 Å². The van der Waals surface area contributed by atoms with Crippen LogP contribution in [-0.4, -0.2) is 23.5 Å². The molecule has 3 nitrogen and oxygen atoms in total. The second-order valence-electron chi connectivity index (χ2n) is 5.23. The lowest BCUT2D eigenvalue weighted by molar-refractivity contribution is -0.0704. The van der Waals surface area contributed by atoms with Gasteiger partial charge in [-0.25, -0.2) is 0 Å². The molecule has 1 aromatic carbocycles. The van der Waals surface area contributed by atoms with E-state index in [1.807, 2.05) is 18.2 Å².